The highest BCUT2D eigenvalue weighted by molar-refractivity contribution is 5.99. The lowest BCUT2D eigenvalue weighted by molar-refractivity contribution is 0.0747. The maximum Gasteiger partial charge on any atom is 0.195 e. The summed E-state index contributed by atoms with van der Waals surface area (Å²) in [6, 6.07) is 13.5. The normalized spacial score (nSPS) is 13.0. The fourth-order valence-corrected chi connectivity index (χ4v) is 2.24. The van der Waals surface area contributed by atoms with Gasteiger partial charge in [0.1, 0.15) is 11.9 Å². The first-order valence-electron chi connectivity index (χ1n) is 6.91. The van der Waals surface area contributed by atoms with Crippen molar-refractivity contribution in [2.24, 2.45) is 0 Å². The van der Waals surface area contributed by atoms with Gasteiger partial charge in [0.05, 0.1) is 0 Å². The minimum atomic E-state index is -1.23. The fourth-order valence-electron chi connectivity index (χ4n) is 2.24. The number of phenolic OH excluding ortho intramolecular Hbond substituents is 1. The van der Waals surface area contributed by atoms with Crippen molar-refractivity contribution in [2.75, 3.05) is 0 Å². The molecule has 3 heteroatoms. The highest BCUT2D eigenvalue weighted by Crippen LogP contribution is 2.33. The van der Waals surface area contributed by atoms with Crippen molar-refractivity contribution in [3.8, 4) is 5.75 Å². The summed E-state index contributed by atoms with van der Waals surface area (Å²) < 4.78 is 0. The molecule has 110 valence electrons. The number of aliphatic hydroxyl groups excluding tert-OH is 1. The molecule has 0 saturated heterocycles. The second-order valence-corrected chi connectivity index (χ2v) is 6.16. The van der Waals surface area contributed by atoms with Crippen molar-refractivity contribution in [1.82, 2.24) is 0 Å². The van der Waals surface area contributed by atoms with Crippen LogP contribution < -0.4 is 0 Å². The quantitative estimate of drug-likeness (QED) is 0.847. The molecule has 2 aromatic rings. The van der Waals surface area contributed by atoms with E-state index in [-0.39, 0.29) is 16.9 Å². The maximum atomic E-state index is 12.3. The Morgan fingerprint density at radius 1 is 1.05 bits per heavy atom. The van der Waals surface area contributed by atoms with E-state index in [0.717, 1.165) is 0 Å². The molecule has 0 spiro atoms. The third-order valence-electron chi connectivity index (χ3n) is 3.45. The molecule has 2 N–H and O–H groups in total. The van der Waals surface area contributed by atoms with Crippen LogP contribution in [0.4, 0.5) is 0 Å². The van der Waals surface area contributed by atoms with E-state index in [1.807, 2.05) is 26.8 Å². The number of phenols is 1. The van der Waals surface area contributed by atoms with Gasteiger partial charge in [-0.25, -0.2) is 0 Å². The molecule has 2 aromatic carbocycles. The van der Waals surface area contributed by atoms with Gasteiger partial charge in [-0.2, -0.15) is 0 Å². The monoisotopic (exact) mass is 284 g/mol. The summed E-state index contributed by atoms with van der Waals surface area (Å²) in [6.45, 7) is 5.91. The van der Waals surface area contributed by atoms with Crippen molar-refractivity contribution in [3.05, 3.63) is 65.2 Å². The van der Waals surface area contributed by atoms with Gasteiger partial charge in [0.2, 0.25) is 0 Å². The van der Waals surface area contributed by atoms with Gasteiger partial charge < -0.3 is 10.2 Å². The maximum absolute atomic E-state index is 12.3. The van der Waals surface area contributed by atoms with E-state index in [1.54, 1.807) is 36.4 Å². The predicted octanol–water partition coefficient (Wildman–Crippen LogP) is 3.61. The van der Waals surface area contributed by atoms with Gasteiger partial charge in [-0.05, 0) is 28.7 Å². The zero-order chi connectivity index (χ0) is 15.6. The largest absolute Gasteiger partial charge is 0.508 e. The Kier molecular flexibility index (Phi) is 4.14. The third kappa shape index (κ3) is 3.31. The molecular weight excluding hydrogens is 264 g/mol. The van der Waals surface area contributed by atoms with E-state index in [0.29, 0.717) is 16.7 Å². The first kappa shape index (κ1) is 15.3. The Bertz CT molecular complexity index is 639. The van der Waals surface area contributed by atoms with Gasteiger partial charge >= 0.3 is 0 Å². The van der Waals surface area contributed by atoms with Crippen molar-refractivity contribution < 1.29 is 15.0 Å². The van der Waals surface area contributed by atoms with Crippen LogP contribution in [0.3, 0.4) is 0 Å². The standard InChI is InChI=1S/C18H20O3/c1-18(2,3)14-11-13(9-10-15(14)19)17(21)16(20)12-7-5-4-6-8-12/h4-11,17,19,21H,1-3H3. The second-order valence-electron chi connectivity index (χ2n) is 6.16. The van der Waals surface area contributed by atoms with E-state index >= 15 is 0 Å². The molecule has 1 unspecified atom stereocenters. The number of ketones is 1. The number of hydrogen-bond donors (Lipinski definition) is 2. The van der Waals surface area contributed by atoms with Gasteiger partial charge in [-0.3, -0.25) is 4.79 Å². The lowest BCUT2D eigenvalue weighted by Crippen LogP contribution is -2.15. The number of aliphatic hydroxyl groups is 1. The van der Waals surface area contributed by atoms with Crippen LogP contribution in [0.1, 0.15) is 48.4 Å². The highest BCUT2D eigenvalue weighted by Gasteiger charge is 2.23. The smallest absolute Gasteiger partial charge is 0.195 e. The number of carbonyl (C=O) groups is 1. The summed E-state index contributed by atoms with van der Waals surface area (Å²) in [5, 5.41) is 20.2. The Morgan fingerprint density at radius 3 is 2.24 bits per heavy atom. The minimum absolute atomic E-state index is 0.172. The Morgan fingerprint density at radius 2 is 1.67 bits per heavy atom. The number of rotatable bonds is 3. The molecule has 1 atom stereocenters. The van der Waals surface area contributed by atoms with Crippen LogP contribution in [-0.4, -0.2) is 16.0 Å². The van der Waals surface area contributed by atoms with Crippen molar-refractivity contribution in [1.29, 1.82) is 0 Å². The molecule has 2 rings (SSSR count). The Hall–Kier alpha value is -2.13. The number of benzene rings is 2. The van der Waals surface area contributed by atoms with E-state index in [1.165, 1.54) is 6.07 Å². The summed E-state index contributed by atoms with van der Waals surface area (Å²) in [6.07, 6.45) is -1.23. The number of Topliss-reactive ketones (excluding diaryl/α,β-unsaturated/α-hetero) is 1. The van der Waals surface area contributed by atoms with Crippen LogP contribution >= 0.6 is 0 Å². The first-order valence-corrected chi connectivity index (χ1v) is 6.91. The van der Waals surface area contributed by atoms with E-state index < -0.39 is 6.10 Å². The van der Waals surface area contributed by atoms with Gasteiger partial charge in [-0.15, -0.1) is 0 Å². The van der Waals surface area contributed by atoms with Crippen molar-refractivity contribution >= 4 is 5.78 Å². The molecule has 0 amide bonds. The summed E-state index contributed by atoms with van der Waals surface area (Å²) in [4.78, 5) is 12.3. The number of aromatic hydroxyl groups is 1. The zero-order valence-electron chi connectivity index (χ0n) is 12.5. The summed E-state index contributed by atoms with van der Waals surface area (Å²) in [5.74, 6) is -0.174. The molecule has 3 nitrogen and oxygen atoms in total. The molecule has 0 saturated carbocycles. The van der Waals surface area contributed by atoms with Crippen LogP contribution in [0.15, 0.2) is 48.5 Å². The lowest BCUT2D eigenvalue weighted by atomic mass is 9.84. The van der Waals surface area contributed by atoms with Gasteiger partial charge in [0.25, 0.3) is 0 Å². The van der Waals surface area contributed by atoms with Gasteiger partial charge in [0.15, 0.2) is 5.78 Å². The molecule has 0 aliphatic rings. The van der Waals surface area contributed by atoms with E-state index in [9.17, 15) is 15.0 Å². The highest BCUT2D eigenvalue weighted by atomic mass is 16.3. The number of carbonyl (C=O) groups excluding carboxylic acids is 1. The summed E-state index contributed by atoms with van der Waals surface area (Å²) in [5.41, 5.74) is 1.40. The first-order chi connectivity index (χ1) is 9.80. The molecular formula is C18H20O3. The van der Waals surface area contributed by atoms with Crippen LogP contribution in [0.25, 0.3) is 0 Å². The fraction of sp³-hybridized carbons (Fsp3) is 0.278. The summed E-state index contributed by atoms with van der Waals surface area (Å²) >= 11 is 0. The third-order valence-corrected chi connectivity index (χ3v) is 3.45. The molecule has 0 aliphatic heterocycles. The summed E-state index contributed by atoms with van der Waals surface area (Å²) in [7, 11) is 0. The van der Waals surface area contributed by atoms with Gasteiger partial charge in [-0.1, -0.05) is 57.2 Å². The van der Waals surface area contributed by atoms with Crippen molar-refractivity contribution in [3.63, 3.8) is 0 Å². The molecule has 0 aromatic heterocycles. The SMILES string of the molecule is CC(C)(C)c1cc(C(O)C(=O)c2ccccc2)ccc1O. The van der Waals surface area contributed by atoms with Crippen LogP contribution in [0.2, 0.25) is 0 Å². The lowest BCUT2D eigenvalue weighted by Gasteiger charge is -2.22. The molecule has 0 fully saturated rings. The molecule has 0 heterocycles. The second kappa shape index (κ2) is 5.70. The van der Waals surface area contributed by atoms with Crippen LogP contribution in [0, 0.1) is 0 Å². The van der Waals surface area contributed by atoms with Gasteiger partial charge in [0, 0.05) is 5.56 Å². The number of hydrogen-bond acceptors (Lipinski definition) is 3. The molecule has 21 heavy (non-hydrogen) atoms. The Labute approximate surface area is 124 Å². The molecule has 0 radical (unpaired) electrons. The average molecular weight is 284 g/mol. The molecule has 0 aliphatic carbocycles. The topological polar surface area (TPSA) is 57.5 Å². The van der Waals surface area contributed by atoms with Crippen LogP contribution in [0.5, 0.6) is 5.75 Å². The molecule has 0 bridgehead atoms. The minimum Gasteiger partial charge on any atom is -0.508 e. The van der Waals surface area contributed by atoms with Crippen molar-refractivity contribution in [2.45, 2.75) is 32.3 Å². The average Bonchev–Trinajstić information content (AvgIpc) is 2.46. The Balaban J connectivity index is 2.36. The van der Waals surface area contributed by atoms with E-state index in [4.69, 9.17) is 0 Å². The van der Waals surface area contributed by atoms with Crippen LogP contribution in [-0.2, 0) is 5.41 Å². The predicted molar refractivity (Wildman–Crippen MR) is 82.5 cm³/mol. The van der Waals surface area contributed by atoms with E-state index in [2.05, 4.69) is 0 Å². The zero-order valence-corrected chi connectivity index (χ0v) is 12.5.